The Bertz CT molecular complexity index is 1540. The molecule has 0 radical (unpaired) electrons. The van der Waals surface area contributed by atoms with E-state index in [0.717, 1.165) is 36.2 Å². The van der Waals surface area contributed by atoms with Gasteiger partial charge >= 0.3 is 11.9 Å². The molecule has 43 heavy (non-hydrogen) atoms. The molecule has 15 nitrogen and oxygen atoms in total. The third-order valence-corrected chi connectivity index (χ3v) is 9.17. The molecular formula is C26H28N7O8S2+. The molecule has 0 saturated carbocycles. The van der Waals surface area contributed by atoms with Gasteiger partial charge in [-0.2, -0.15) is 4.57 Å². The fourth-order valence-electron chi connectivity index (χ4n) is 5.12. The van der Waals surface area contributed by atoms with E-state index in [-0.39, 0.29) is 28.6 Å². The lowest BCUT2D eigenvalue weighted by Crippen LogP contribution is -2.71. The zero-order valence-electron chi connectivity index (χ0n) is 22.8. The number of amides is 3. The number of hydrogen-bond acceptors (Lipinski definition) is 12. The number of carbonyl (C=O) groups is 5. The smallest absolute Gasteiger partial charge is 0.355 e. The molecule has 3 atom stereocenters. The maximum atomic E-state index is 13.4. The van der Waals surface area contributed by atoms with Crippen molar-refractivity contribution >= 4 is 64.1 Å². The number of anilines is 1. The number of nitrogens with one attached hydrogen (secondary N) is 2. The first kappa shape index (κ1) is 30.0. The van der Waals surface area contributed by atoms with Crippen molar-refractivity contribution in [3.8, 4) is 0 Å². The molecule has 5 rings (SSSR count). The summed E-state index contributed by atoms with van der Waals surface area (Å²) in [6.07, 6.45) is 5.16. The highest BCUT2D eigenvalue weighted by Crippen LogP contribution is 2.41. The second-order valence-corrected chi connectivity index (χ2v) is 11.7. The van der Waals surface area contributed by atoms with Gasteiger partial charge in [-0.05, 0) is 18.9 Å². The van der Waals surface area contributed by atoms with Crippen molar-refractivity contribution in [2.24, 2.45) is 5.16 Å². The van der Waals surface area contributed by atoms with Crippen LogP contribution < -0.4 is 20.9 Å². The van der Waals surface area contributed by atoms with Gasteiger partial charge in [0.25, 0.3) is 11.8 Å². The number of rotatable bonds is 12. The van der Waals surface area contributed by atoms with E-state index in [1.807, 2.05) is 12.3 Å². The minimum atomic E-state index is -1.42. The van der Waals surface area contributed by atoms with Crippen LogP contribution in [-0.2, 0) is 52.9 Å². The van der Waals surface area contributed by atoms with Crippen molar-refractivity contribution < 1.29 is 43.2 Å². The van der Waals surface area contributed by atoms with Crippen molar-refractivity contribution in [2.45, 2.75) is 43.3 Å². The number of aliphatic carboxylic acids is 1. The van der Waals surface area contributed by atoms with Gasteiger partial charge in [-0.1, -0.05) is 5.16 Å². The molecule has 1 fully saturated rings. The summed E-state index contributed by atoms with van der Waals surface area (Å²) in [6, 6.07) is 1.65. The number of nitrogens with zero attached hydrogens (tertiary/aromatic N) is 4. The first-order chi connectivity index (χ1) is 20.7. The van der Waals surface area contributed by atoms with Crippen molar-refractivity contribution in [3.05, 3.63) is 51.9 Å². The lowest BCUT2D eigenvalue weighted by Gasteiger charge is -2.49. The van der Waals surface area contributed by atoms with Crippen LogP contribution in [-0.4, -0.2) is 87.8 Å². The number of pyridine rings is 1. The number of esters is 1. The molecule has 1 saturated heterocycles. The minimum absolute atomic E-state index is 0.0417. The predicted octanol–water partition coefficient (Wildman–Crippen LogP) is -1.05. The predicted molar refractivity (Wildman–Crippen MR) is 152 cm³/mol. The molecule has 0 bridgehead atoms. The average Bonchev–Trinajstić information content (AvgIpc) is 3.66. The molecule has 5 N–H and O–H groups in total. The number of fused-ring (bicyclic) bond motifs is 2. The number of aromatic nitrogens is 2. The van der Waals surface area contributed by atoms with E-state index in [2.05, 4.69) is 31.4 Å². The average molecular weight is 631 g/mol. The number of ether oxygens (including phenoxy) is 1. The van der Waals surface area contributed by atoms with Crippen LogP contribution in [0.1, 0.15) is 23.4 Å². The fraction of sp³-hybridized carbons (Fsp3) is 0.385. The van der Waals surface area contributed by atoms with Crippen LogP contribution in [0.2, 0.25) is 0 Å². The van der Waals surface area contributed by atoms with Crippen LogP contribution in [0.4, 0.5) is 5.13 Å². The Hall–Kier alpha value is -4.51. The van der Waals surface area contributed by atoms with Crippen LogP contribution in [0.15, 0.2) is 40.1 Å². The van der Waals surface area contributed by atoms with Crippen LogP contribution in [0.3, 0.4) is 0 Å². The van der Waals surface area contributed by atoms with E-state index >= 15 is 0 Å². The van der Waals surface area contributed by atoms with Crippen molar-refractivity contribution in [3.63, 3.8) is 0 Å². The molecule has 2 aromatic rings. The van der Waals surface area contributed by atoms with Crippen LogP contribution in [0.25, 0.3) is 0 Å². The first-order valence-electron chi connectivity index (χ1n) is 13.1. The highest BCUT2D eigenvalue weighted by Gasteiger charge is 2.55. The summed E-state index contributed by atoms with van der Waals surface area (Å²) >= 11 is 2.43. The Labute approximate surface area is 253 Å². The summed E-state index contributed by atoms with van der Waals surface area (Å²) < 4.78 is 7.15. The number of oxime groups is 1. The SMILES string of the molecule is COC(=O)C1=C(C[n+]2cccc3c2CCC3)CS[C@@H]2[C@H](NC(=O)/C(=N\OC[C@H](NC=O)C(=O)O)c3csc(N)n3)C(=O)N12. The van der Waals surface area contributed by atoms with Gasteiger partial charge in [0.05, 0.1) is 7.11 Å². The van der Waals surface area contributed by atoms with Crippen molar-refractivity contribution in [1.29, 1.82) is 0 Å². The van der Waals surface area contributed by atoms with E-state index in [9.17, 15) is 29.1 Å². The summed E-state index contributed by atoms with van der Waals surface area (Å²) in [5.41, 5.74) is 8.78. The molecule has 0 aromatic carbocycles. The number of carboxylic acid groups (broad SMARTS) is 1. The van der Waals surface area contributed by atoms with Crippen LogP contribution in [0, 0.1) is 0 Å². The Kier molecular flexibility index (Phi) is 8.91. The van der Waals surface area contributed by atoms with E-state index in [4.69, 9.17) is 15.3 Å². The van der Waals surface area contributed by atoms with Gasteiger partial charge in [-0.15, -0.1) is 23.1 Å². The second-order valence-electron chi connectivity index (χ2n) is 9.75. The van der Waals surface area contributed by atoms with E-state index < -0.39 is 47.8 Å². The molecule has 3 amide bonds. The monoisotopic (exact) mass is 630 g/mol. The topological polar surface area (TPSA) is 206 Å². The first-order valence-corrected chi connectivity index (χ1v) is 15.1. The number of nitrogen functional groups attached to an aromatic ring is 1. The van der Waals surface area contributed by atoms with Crippen LogP contribution >= 0.6 is 23.1 Å². The second kappa shape index (κ2) is 12.8. The number of hydrogen-bond donors (Lipinski definition) is 4. The number of methoxy groups -OCH3 is 1. The molecule has 17 heteroatoms. The van der Waals surface area contributed by atoms with Gasteiger partial charge in [-0.25, -0.2) is 14.6 Å². The third-order valence-electron chi connectivity index (χ3n) is 7.16. The van der Waals surface area contributed by atoms with E-state index in [1.165, 1.54) is 40.4 Å². The summed E-state index contributed by atoms with van der Waals surface area (Å²) in [5.74, 6) is -2.92. The third kappa shape index (κ3) is 6.03. The largest absolute Gasteiger partial charge is 0.480 e. The number of nitrogens with two attached hydrogens (primary N) is 1. The molecule has 3 aliphatic rings. The molecule has 4 heterocycles. The quantitative estimate of drug-likeness (QED) is 0.0556. The van der Waals surface area contributed by atoms with Gasteiger partial charge in [0.15, 0.2) is 35.3 Å². The number of β-lactam (4-membered cyclic amide) rings is 1. The fourth-order valence-corrected chi connectivity index (χ4v) is 7.00. The number of aryl methyl sites for hydroxylation is 1. The molecule has 226 valence electrons. The number of carbonyl (C=O) groups excluding carboxylic acids is 4. The maximum absolute atomic E-state index is 13.4. The summed E-state index contributed by atoms with van der Waals surface area (Å²) in [6.45, 7) is -0.165. The normalized spacial score (nSPS) is 20.0. The highest BCUT2D eigenvalue weighted by atomic mass is 32.2. The van der Waals surface area contributed by atoms with E-state index in [0.29, 0.717) is 12.3 Å². The Morgan fingerprint density at radius 1 is 1.37 bits per heavy atom. The number of thioether (sulfide) groups is 1. The lowest BCUT2D eigenvalue weighted by molar-refractivity contribution is -0.696. The van der Waals surface area contributed by atoms with Gasteiger partial charge in [0.2, 0.25) is 6.41 Å². The molecule has 0 spiro atoms. The molecule has 2 aromatic heterocycles. The van der Waals surface area contributed by atoms with Crippen molar-refractivity contribution in [2.75, 3.05) is 25.2 Å². The van der Waals surface area contributed by atoms with Gasteiger partial charge in [0.1, 0.15) is 29.4 Å². The zero-order valence-corrected chi connectivity index (χ0v) is 24.5. The molecule has 0 unspecified atom stereocenters. The lowest BCUT2D eigenvalue weighted by atomic mass is 10.0. The molecular weight excluding hydrogens is 602 g/mol. The van der Waals surface area contributed by atoms with Gasteiger partial charge in [0, 0.05) is 34.8 Å². The minimum Gasteiger partial charge on any atom is -0.480 e. The maximum Gasteiger partial charge on any atom is 0.355 e. The molecule has 2 aliphatic heterocycles. The molecule has 1 aliphatic carbocycles. The summed E-state index contributed by atoms with van der Waals surface area (Å²) in [5, 5.41) is 18.6. The number of thiazole rings is 1. The van der Waals surface area contributed by atoms with Gasteiger partial charge < -0.3 is 31.0 Å². The van der Waals surface area contributed by atoms with E-state index in [1.54, 1.807) is 0 Å². The summed E-state index contributed by atoms with van der Waals surface area (Å²) in [4.78, 5) is 72.0. The Morgan fingerprint density at radius 2 is 2.19 bits per heavy atom. The van der Waals surface area contributed by atoms with Gasteiger partial charge in [-0.3, -0.25) is 19.3 Å². The zero-order chi connectivity index (χ0) is 30.7. The Morgan fingerprint density at radius 3 is 2.88 bits per heavy atom. The highest BCUT2D eigenvalue weighted by molar-refractivity contribution is 8.00. The van der Waals surface area contributed by atoms with Crippen LogP contribution in [0.5, 0.6) is 0 Å². The standard InChI is InChI=1S/C26H27N7O8S2/c1-40-25(39)20-14(8-32-7-3-5-13-4-2-6-17(13)32)10-42-23-19(22(36)33(20)23)30-21(35)18(16-11-43-26(27)29-16)31-41-9-15(24(37)38)28-12-34/h3,5,7,11-12,15,19,23H,2,4,6,8-10H2,1H3,(H4-,27,28,29,30,34,35,37,38)/p+1/b31-18-/t15-,19+,23+/m0/s1. The number of carboxylic acids is 1. The Balaban J connectivity index is 1.34. The summed E-state index contributed by atoms with van der Waals surface area (Å²) in [7, 11) is 1.25. The van der Waals surface area contributed by atoms with Crippen molar-refractivity contribution in [1.82, 2.24) is 20.5 Å².